The first-order valence-electron chi connectivity index (χ1n) is 7.09. The van der Waals surface area contributed by atoms with Crippen LogP contribution in [0.4, 0.5) is 5.69 Å². The van der Waals surface area contributed by atoms with Crippen LogP contribution < -0.4 is 5.32 Å². The van der Waals surface area contributed by atoms with E-state index in [4.69, 9.17) is 0 Å². The van der Waals surface area contributed by atoms with E-state index in [1.807, 2.05) is 0 Å². The summed E-state index contributed by atoms with van der Waals surface area (Å²) in [4.78, 5) is 24.8. The van der Waals surface area contributed by atoms with Crippen LogP contribution in [-0.2, 0) is 14.6 Å². The van der Waals surface area contributed by atoms with Crippen molar-refractivity contribution in [2.75, 3.05) is 30.4 Å². The Kier molecular flexibility index (Phi) is 4.85. The van der Waals surface area contributed by atoms with Crippen LogP contribution in [0.25, 0.3) is 0 Å². The number of nitrogens with zero attached hydrogens (tertiary/aromatic N) is 1. The molecule has 0 bridgehead atoms. The summed E-state index contributed by atoms with van der Waals surface area (Å²) < 4.78 is 22.9. The molecule has 1 aromatic carbocycles. The molecule has 1 amide bonds. The van der Waals surface area contributed by atoms with Crippen molar-refractivity contribution >= 4 is 27.2 Å². The van der Waals surface area contributed by atoms with Crippen molar-refractivity contribution in [3.63, 3.8) is 0 Å². The Bertz CT molecular complexity index is 667. The molecule has 1 unspecified atom stereocenters. The Morgan fingerprint density at radius 3 is 2.41 bits per heavy atom. The Hall–Kier alpha value is -1.89. The molecule has 1 aliphatic heterocycles. The number of sulfone groups is 1. The zero-order valence-corrected chi connectivity index (χ0v) is 13.5. The number of likely N-dealkylation sites (N-methyl/N-ethyl adjacent to an activating group) is 1. The second kappa shape index (κ2) is 6.48. The predicted octanol–water partition coefficient (Wildman–Crippen LogP) is 0.947. The van der Waals surface area contributed by atoms with E-state index in [0.717, 1.165) is 5.69 Å². The summed E-state index contributed by atoms with van der Waals surface area (Å²) in [6.07, 6.45) is 0.498. The van der Waals surface area contributed by atoms with Gasteiger partial charge in [-0.15, -0.1) is 0 Å². The fourth-order valence-electron chi connectivity index (χ4n) is 2.41. The summed E-state index contributed by atoms with van der Waals surface area (Å²) in [7, 11) is -1.37. The largest absolute Gasteiger partial charge is 0.376 e. The summed E-state index contributed by atoms with van der Waals surface area (Å²) in [6, 6.07) is 6.64. The van der Waals surface area contributed by atoms with Gasteiger partial charge in [-0.1, -0.05) is 0 Å². The van der Waals surface area contributed by atoms with Gasteiger partial charge in [0.25, 0.3) is 0 Å². The van der Waals surface area contributed by atoms with Crippen molar-refractivity contribution in [3.05, 3.63) is 29.8 Å². The van der Waals surface area contributed by atoms with Crippen LogP contribution in [0, 0.1) is 0 Å². The van der Waals surface area contributed by atoms with Crippen LogP contribution in [0.1, 0.15) is 23.7 Å². The first-order chi connectivity index (χ1) is 10.3. The van der Waals surface area contributed by atoms with E-state index in [2.05, 4.69) is 5.32 Å². The number of benzene rings is 1. The highest BCUT2D eigenvalue weighted by molar-refractivity contribution is 7.91. The number of ketones is 1. The molecule has 0 aromatic heterocycles. The maximum atomic E-state index is 12.1. The number of amides is 1. The van der Waals surface area contributed by atoms with Gasteiger partial charge in [0.05, 0.1) is 18.1 Å². The summed E-state index contributed by atoms with van der Waals surface area (Å²) in [5.74, 6) is 0.0279. The number of anilines is 1. The van der Waals surface area contributed by atoms with E-state index >= 15 is 0 Å². The summed E-state index contributed by atoms with van der Waals surface area (Å²) in [5, 5.41) is 2.98. The fraction of sp³-hybridized carbons (Fsp3) is 0.467. The van der Waals surface area contributed by atoms with Gasteiger partial charge in [0, 0.05) is 24.3 Å². The average Bonchev–Trinajstić information content (AvgIpc) is 2.84. The van der Waals surface area contributed by atoms with Gasteiger partial charge in [-0.25, -0.2) is 8.42 Å². The van der Waals surface area contributed by atoms with Gasteiger partial charge in [0.2, 0.25) is 5.91 Å². The van der Waals surface area contributed by atoms with E-state index in [9.17, 15) is 18.0 Å². The number of hydrogen-bond acceptors (Lipinski definition) is 5. The Labute approximate surface area is 130 Å². The third-order valence-corrected chi connectivity index (χ3v) is 5.64. The molecule has 1 heterocycles. The highest BCUT2D eigenvalue weighted by Gasteiger charge is 2.32. The lowest BCUT2D eigenvalue weighted by Crippen LogP contribution is -2.40. The van der Waals surface area contributed by atoms with Crippen molar-refractivity contribution in [2.45, 2.75) is 19.4 Å². The summed E-state index contributed by atoms with van der Waals surface area (Å²) in [5.41, 5.74) is 1.36. The predicted molar refractivity (Wildman–Crippen MR) is 84.8 cm³/mol. The number of nitrogens with one attached hydrogen (secondary N) is 1. The normalized spacial score (nSPS) is 19.6. The molecule has 6 nitrogen and oxygen atoms in total. The second-order valence-electron chi connectivity index (χ2n) is 5.55. The lowest BCUT2D eigenvalue weighted by molar-refractivity contribution is -0.129. The van der Waals surface area contributed by atoms with Crippen molar-refractivity contribution < 1.29 is 18.0 Å². The number of carbonyl (C=O) groups is 2. The van der Waals surface area contributed by atoms with Crippen LogP contribution in [0.5, 0.6) is 0 Å². The average molecular weight is 324 g/mol. The molecule has 0 aliphatic carbocycles. The molecule has 0 spiro atoms. The van der Waals surface area contributed by atoms with Gasteiger partial charge >= 0.3 is 0 Å². The monoisotopic (exact) mass is 324 g/mol. The maximum absolute atomic E-state index is 12.1. The molecule has 2 rings (SSSR count). The molecule has 1 N–H and O–H groups in total. The standard InChI is InChI=1S/C15H20N2O4S/c1-11(18)12-3-5-13(6-4-12)16-9-15(19)17(2)14-7-8-22(20,21)10-14/h3-6,14,16H,7-10H2,1-2H3. The van der Waals surface area contributed by atoms with Gasteiger partial charge in [-0.05, 0) is 37.6 Å². The minimum absolute atomic E-state index is 0.00944. The van der Waals surface area contributed by atoms with Crippen LogP contribution in [0.15, 0.2) is 24.3 Å². The first-order valence-corrected chi connectivity index (χ1v) is 8.91. The lowest BCUT2D eigenvalue weighted by Gasteiger charge is -2.23. The highest BCUT2D eigenvalue weighted by Crippen LogP contribution is 2.17. The van der Waals surface area contributed by atoms with Crippen LogP contribution >= 0.6 is 0 Å². The molecule has 120 valence electrons. The van der Waals surface area contributed by atoms with Gasteiger partial charge < -0.3 is 10.2 Å². The molecule has 1 aliphatic rings. The Morgan fingerprint density at radius 1 is 1.27 bits per heavy atom. The zero-order valence-electron chi connectivity index (χ0n) is 12.7. The van der Waals surface area contributed by atoms with Crippen molar-refractivity contribution in [1.29, 1.82) is 0 Å². The Balaban J connectivity index is 1.88. The minimum Gasteiger partial charge on any atom is -0.376 e. The first kappa shape index (κ1) is 16.5. The third-order valence-electron chi connectivity index (χ3n) is 3.88. The molecule has 1 fully saturated rings. The van der Waals surface area contributed by atoms with Crippen molar-refractivity contribution in [3.8, 4) is 0 Å². The molecule has 7 heteroatoms. The summed E-state index contributed by atoms with van der Waals surface area (Å²) in [6.45, 7) is 1.59. The lowest BCUT2D eigenvalue weighted by atomic mass is 10.1. The van der Waals surface area contributed by atoms with Crippen LogP contribution in [0.2, 0.25) is 0 Å². The summed E-state index contributed by atoms with van der Waals surface area (Å²) >= 11 is 0. The van der Waals surface area contributed by atoms with E-state index in [1.165, 1.54) is 11.8 Å². The SMILES string of the molecule is CC(=O)c1ccc(NCC(=O)N(C)C2CCS(=O)(=O)C2)cc1. The topological polar surface area (TPSA) is 83.6 Å². The van der Waals surface area contributed by atoms with Crippen LogP contribution in [-0.4, -0.2) is 56.1 Å². The van der Waals surface area contributed by atoms with Gasteiger partial charge in [0.15, 0.2) is 15.6 Å². The number of carbonyl (C=O) groups excluding carboxylic acids is 2. The van der Waals surface area contributed by atoms with E-state index in [-0.39, 0.29) is 35.8 Å². The van der Waals surface area contributed by atoms with Crippen LogP contribution in [0.3, 0.4) is 0 Å². The molecule has 1 aromatic rings. The molecular formula is C15H20N2O4S. The molecule has 22 heavy (non-hydrogen) atoms. The number of hydrogen-bond donors (Lipinski definition) is 1. The Morgan fingerprint density at radius 2 is 1.91 bits per heavy atom. The van der Waals surface area contributed by atoms with Crippen molar-refractivity contribution in [1.82, 2.24) is 4.90 Å². The van der Waals surface area contributed by atoms with Gasteiger partial charge in [-0.2, -0.15) is 0 Å². The number of Topliss-reactive ketones (excluding diaryl/α,β-unsaturated/α-hetero) is 1. The van der Waals surface area contributed by atoms with Gasteiger partial charge in [-0.3, -0.25) is 9.59 Å². The van der Waals surface area contributed by atoms with Gasteiger partial charge in [0.1, 0.15) is 0 Å². The molecular weight excluding hydrogens is 304 g/mol. The molecule has 0 radical (unpaired) electrons. The molecule has 0 saturated carbocycles. The van der Waals surface area contributed by atoms with E-state index in [0.29, 0.717) is 12.0 Å². The smallest absolute Gasteiger partial charge is 0.241 e. The van der Waals surface area contributed by atoms with E-state index < -0.39 is 9.84 Å². The van der Waals surface area contributed by atoms with E-state index in [1.54, 1.807) is 31.3 Å². The second-order valence-corrected chi connectivity index (χ2v) is 7.78. The fourth-order valence-corrected chi connectivity index (χ4v) is 4.18. The molecule has 1 atom stereocenters. The zero-order chi connectivity index (χ0) is 16.3. The highest BCUT2D eigenvalue weighted by atomic mass is 32.2. The quantitative estimate of drug-likeness (QED) is 0.815. The number of rotatable bonds is 5. The molecule has 1 saturated heterocycles. The third kappa shape index (κ3) is 4.07. The van der Waals surface area contributed by atoms with Crippen molar-refractivity contribution in [2.24, 2.45) is 0 Å². The minimum atomic E-state index is -3.00. The maximum Gasteiger partial charge on any atom is 0.241 e.